The number of anilines is 2. The number of likely N-dealkylation sites (tertiary alicyclic amines) is 1. The minimum absolute atomic E-state index is 0.104. The second kappa shape index (κ2) is 12.5. The first-order chi connectivity index (χ1) is 21.3. The lowest BCUT2D eigenvalue weighted by Gasteiger charge is -2.41. The number of benzene rings is 2. The molecule has 6 rings (SSSR count). The van der Waals surface area contributed by atoms with Gasteiger partial charge in [-0.1, -0.05) is 24.3 Å². The lowest BCUT2D eigenvalue weighted by atomic mass is 10.0. The van der Waals surface area contributed by atoms with Gasteiger partial charge in [-0.3, -0.25) is 4.79 Å². The largest absolute Gasteiger partial charge is 0.465 e. The molecule has 1 N–H and O–H groups in total. The molecule has 3 aliphatic rings. The lowest BCUT2D eigenvalue weighted by molar-refractivity contribution is -0.131. The molecule has 0 aliphatic carbocycles. The van der Waals surface area contributed by atoms with Crippen LogP contribution in [-0.2, 0) is 17.8 Å². The van der Waals surface area contributed by atoms with Gasteiger partial charge in [-0.25, -0.2) is 4.79 Å². The van der Waals surface area contributed by atoms with Gasteiger partial charge in [0.25, 0.3) is 0 Å². The van der Waals surface area contributed by atoms with Crippen molar-refractivity contribution in [2.24, 2.45) is 0 Å². The minimum atomic E-state index is -1.02. The summed E-state index contributed by atoms with van der Waals surface area (Å²) in [6.07, 6.45) is 1.93. The van der Waals surface area contributed by atoms with E-state index < -0.39 is 12.1 Å². The normalized spacial score (nSPS) is 20.3. The molecule has 12 heteroatoms. The topological polar surface area (TPSA) is 135 Å². The van der Waals surface area contributed by atoms with Crippen molar-refractivity contribution in [1.29, 1.82) is 5.26 Å². The van der Waals surface area contributed by atoms with E-state index >= 15 is 0 Å². The van der Waals surface area contributed by atoms with E-state index in [1.165, 1.54) is 11.8 Å². The van der Waals surface area contributed by atoms with Crippen molar-refractivity contribution in [2.75, 3.05) is 56.2 Å². The molecule has 4 heterocycles. The van der Waals surface area contributed by atoms with Crippen LogP contribution in [0.5, 0.6) is 11.8 Å². The van der Waals surface area contributed by atoms with Crippen molar-refractivity contribution in [3.05, 3.63) is 47.7 Å². The Morgan fingerprint density at radius 2 is 1.93 bits per heavy atom. The number of esters is 1. The van der Waals surface area contributed by atoms with Gasteiger partial charge in [0.15, 0.2) is 0 Å². The average molecular weight is 600 g/mol. The molecule has 0 saturated carbocycles. The number of likely N-dealkylation sites (N-methyl/N-ethyl adjacent to an activating group) is 1. The number of fused-ring (bicyclic) bond motifs is 2. The van der Waals surface area contributed by atoms with Crippen LogP contribution in [0.25, 0.3) is 10.8 Å². The standard InChI is InChI=1S/C32H37N7O5/c1-21(40)44-25-16-22-6-3-4-8-26(22)29(17-25)37-13-10-27-28(19-37)34-31(43-20-24-7-5-12-36(24)2)35-30(27)38-14-15-39(32(41)42)23(18-38)9-11-33/h3-4,6,8,16-17,23-24H,5,7,9-10,12-15,18-20H2,1-2H3,(H,41,42). The SMILES string of the molecule is CC(=O)Oc1cc(N2CCc3c(nc(OCC4CCCN4C)nc3N3CCN(C(=O)O)C(CC#N)C3)C2)c2ccccc2c1. The van der Waals surface area contributed by atoms with Gasteiger partial charge in [-0.2, -0.15) is 15.2 Å². The number of ether oxygens (including phenoxy) is 2. The Labute approximate surface area is 256 Å². The summed E-state index contributed by atoms with van der Waals surface area (Å²) in [6, 6.07) is 14.1. The fourth-order valence-electron chi connectivity index (χ4n) is 6.61. The summed E-state index contributed by atoms with van der Waals surface area (Å²) in [5, 5.41) is 21.2. The Hall–Kier alpha value is -4.63. The maximum absolute atomic E-state index is 11.9. The molecule has 230 valence electrons. The zero-order valence-corrected chi connectivity index (χ0v) is 25.1. The Bertz CT molecular complexity index is 1610. The Balaban J connectivity index is 1.35. The number of nitrogens with zero attached hydrogens (tertiary/aromatic N) is 7. The molecule has 1 aromatic heterocycles. The van der Waals surface area contributed by atoms with Crippen LogP contribution >= 0.6 is 0 Å². The third-order valence-corrected chi connectivity index (χ3v) is 8.87. The molecule has 2 aromatic carbocycles. The van der Waals surface area contributed by atoms with Crippen molar-refractivity contribution >= 4 is 34.3 Å². The van der Waals surface area contributed by atoms with Gasteiger partial charge in [0.05, 0.1) is 30.8 Å². The fourth-order valence-corrected chi connectivity index (χ4v) is 6.61. The van der Waals surface area contributed by atoms with E-state index in [0.717, 1.165) is 52.9 Å². The number of carbonyl (C=O) groups excluding carboxylic acids is 1. The van der Waals surface area contributed by atoms with Crippen molar-refractivity contribution in [1.82, 2.24) is 19.8 Å². The third kappa shape index (κ3) is 6.05. The van der Waals surface area contributed by atoms with E-state index in [9.17, 15) is 20.0 Å². The van der Waals surface area contributed by atoms with Crippen LogP contribution < -0.4 is 19.3 Å². The number of aromatic nitrogens is 2. The van der Waals surface area contributed by atoms with Crippen LogP contribution in [0.1, 0.15) is 37.4 Å². The summed E-state index contributed by atoms with van der Waals surface area (Å²) in [5.41, 5.74) is 2.80. The number of rotatable bonds is 7. The Morgan fingerprint density at radius 3 is 2.68 bits per heavy atom. The van der Waals surface area contributed by atoms with Crippen LogP contribution in [0.4, 0.5) is 16.3 Å². The molecule has 0 spiro atoms. The number of carboxylic acid groups (broad SMARTS) is 1. The highest BCUT2D eigenvalue weighted by atomic mass is 16.5. The van der Waals surface area contributed by atoms with Gasteiger partial charge >= 0.3 is 18.1 Å². The van der Waals surface area contributed by atoms with E-state index in [1.54, 1.807) is 0 Å². The molecule has 2 atom stereocenters. The number of hydrogen-bond acceptors (Lipinski definition) is 10. The van der Waals surface area contributed by atoms with Gasteiger partial charge in [0.1, 0.15) is 18.2 Å². The highest BCUT2D eigenvalue weighted by Gasteiger charge is 2.34. The average Bonchev–Trinajstić information content (AvgIpc) is 3.43. The van der Waals surface area contributed by atoms with Gasteiger partial charge in [0, 0.05) is 61.8 Å². The maximum Gasteiger partial charge on any atom is 0.407 e. The van der Waals surface area contributed by atoms with E-state index in [0.29, 0.717) is 57.0 Å². The number of hydrogen-bond donors (Lipinski definition) is 1. The van der Waals surface area contributed by atoms with E-state index in [-0.39, 0.29) is 18.9 Å². The van der Waals surface area contributed by atoms with E-state index in [4.69, 9.17) is 19.4 Å². The lowest BCUT2D eigenvalue weighted by Crippen LogP contribution is -2.55. The summed E-state index contributed by atoms with van der Waals surface area (Å²) < 4.78 is 11.7. The first-order valence-corrected chi connectivity index (χ1v) is 15.1. The molecule has 44 heavy (non-hydrogen) atoms. The summed E-state index contributed by atoms with van der Waals surface area (Å²) in [6.45, 7) is 5.20. The van der Waals surface area contributed by atoms with Gasteiger partial charge in [-0.05, 0) is 44.3 Å². The molecule has 12 nitrogen and oxygen atoms in total. The quantitative estimate of drug-likeness (QED) is 0.315. The molecule has 2 fully saturated rings. The Morgan fingerprint density at radius 1 is 1.09 bits per heavy atom. The Kier molecular flexibility index (Phi) is 8.39. The second-order valence-corrected chi connectivity index (χ2v) is 11.7. The van der Waals surface area contributed by atoms with Gasteiger partial charge in [0.2, 0.25) is 0 Å². The van der Waals surface area contributed by atoms with Gasteiger partial charge in [-0.15, -0.1) is 0 Å². The highest BCUT2D eigenvalue weighted by Crippen LogP contribution is 2.37. The van der Waals surface area contributed by atoms with Crippen molar-refractivity contribution in [3.63, 3.8) is 0 Å². The zero-order chi connectivity index (χ0) is 30.8. The molecular weight excluding hydrogens is 562 g/mol. The molecule has 1 amide bonds. The first kappa shape index (κ1) is 29.4. The minimum Gasteiger partial charge on any atom is -0.465 e. The smallest absolute Gasteiger partial charge is 0.407 e. The molecule has 2 saturated heterocycles. The van der Waals surface area contributed by atoms with Crippen molar-refractivity contribution in [3.8, 4) is 17.8 Å². The number of nitriles is 1. The predicted molar refractivity (Wildman–Crippen MR) is 164 cm³/mol. The van der Waals surface area contributed by atoms with Crippen LogP contribution in [-0.4, -0.2) is 95.4 Å². The maximum atomic E-state index is 11.9. The number of carbonyl (C=O) groups is 2. The zero-order valence-electron chi connectivity index (χ0n) is 25.1. The van der Waals surface area contributed by atoms with E-state index in [1.807, 2.05) is 30.3 Å². The van der Waals surface area contributed by atoms with E-state index in [2.05, 4.69) is 33.9 Å². The summed E-state index contributed by atoms with van der Waals surface area (Å²) in [5.74, 6) is 0.862. The molecule has 3 aliphatic heterocycles. The van der Waals surface area contributed by atoms with Crippen molar-refractivity contribution in [2.45, 2.75) is 51.2 Å². The van der Waals surface area contributed by atoms with Crippen LogP contribution in [0.15, 0.2) is 36.4 Å². The second-order valence-electron chi connectivity index (χ2n) is 11.7. The van der Waals surface area contributed by atoms with Gasteiger partial charge < -0.3 is 34.2 Å². The van der Waals surface area contributed by atoms with Crippen LogP contribution in [0, 0.1) is 11.3 Å². The van der Waals surface area contributed by atoms with Crippen LogP contribution in [0.3, 0.4) is 0 Å². The molecule has 0 radical (unpaired) electrons. The molecular formula is C32H37N7O5. The molecule has 0 bridgehead atoms. The monoisotopic (exact) mass is 599 g/mol. The van der Waals surface area contributed by atoms with Crippen LogP contribution in [0.2, 0.25) is 0 Å². The number of piperazine rings is 1. The molecule has 3 aromatic rings. The molecule has 2 unspecified atom stereocenters. The number of amides is 1. The van der Waals surface area contributed by atoms with Crippen molar-refractivity contribution < 1.29 is 24.2 Å². The first-order valence-electron chi connectivity index (χ1n) is 15.1. The third-order valence-electron chi connectivity index (χ3n) is 8.87. The summed E-state index contributed by atoms with van der Waals surface area (Å²) in [4.78, 5) is 41.5. The predicted octanol–water partition coefficient (Wildman–Crippen LogP) is 3.67. The summed E-state index contributed by atoms with van der Waals surface area (Å²) in [7, 11) is 2.10. The highest BCUT2D eigenvalue weighted by molar-refractivity contribution is 5.96. The summed E-state index contributed by atoms with van der Waals surface area (Å²) >= 11 is 0. The fraction of sp³-hybridized carbons (Fsp3) is 0.469.